The summed E-state index contributed by atoms with van der Waals surface area (Å²) in [5, 5.41) is 0. The van der Waals surface area contributed by atoms with Crippen LogP contribution in [0.25, 0.3) is 0 Å². The van der Waals surface area contributed by atoms with Gasteiger partial charge >= 0.3 is 0 Å². The molecule has 70 valence electrons. The average Bonchev–Trinajstić information content (AvgIpc) is 2.16. The molecule has 0 fully saturated rings. The van der Waals surface area contributed by atoms with Gasteiger partial charge in [0, 0.05) is 18.5 Å². The molecule has 0 amide bonds. The highest BCUT2D eigenvalue weighted by molar-refractivity contribution is 5.78. The van der Waals surface area contributed by atoms with E-state index in [1.807, 2.05) is 31.2 Å². The van der Waals surface area contributed by atoms with Crippen molar-refractivity contribution >= 4 is 11.5 Å². The predicted octanol–water partition coefficient (Wildman–Crippen LogP) is 2.18. The molecule has 1 aromatic carbocycles. The topological polar surface area (TPSA) is 43.1 Å². The van der Waals surface area contributed by atoms with Gasteiger partial charge in [-0.1, -0.05) is 25.1 Å². The summed E-state index contributed by atoms with van der Waals surface area (Å²) in [6, 6.07) is 7.69. The van der Waals surface area contributed by atoms with Crippen LogP contribution in [0.4, 0.5) is 5.69 Å². The van der Waals surface area contributed by atoms with Gasteiger partial charge in [-0.25, -0.2) is 0 Å². The number of benzene rings is 1. The van der Waals surface area contributed by atoms with Crippen LogP contribution in [0.1, 0.15) is 25.3 Å². The number of carbonyl (C=O) groups excluding carboxylic acids is 1. The first-order valence-corrected chi connectivity index (χ1v) is 4.59. The summed E-state index contributed by atoms with van der Waals surface area (Å²) < 4.78 is 0. The predicted molar refractivity (Wildman–Crippen MR) is 54.5 cm³/mol. The molecule has 0 radical (unpaired) electrons. The molecule has 0 aliphatic rings. The molecule has 2 nitrogen and oxygen atoms in total. The maximum absolute atomic E-state index is 11.1. The van der Waals surface area contributed by atoms with Crippen LogP contribution in [0.2, 0.25) is 0 Å². The van der Waals surface area contributed by atoms with Crippen LogP contribution in [-0.2, 0) is 11.2 Å². The zero-order valence-corrected chi connectivity index (χ0v) is 7.92. The fraction of sp³-hybridized carbons (Fsp3) is 0.364. The molecular weight excluding hydrogens is 162 g/mol. The summed E-state index contributed by atoms with van der Waals surface area (Å²) in [6.07, 6.45) is 1.98. The molecule has 2 N–H and O–H groups in total. The number of hydrogen-bond acceptors (Lipinski definition) is 2. The second kappa shape index (κ2) is 4.65. The van der Waals surface area contributed by atoms with Gasteiger partial charge in [-0.05, 0) is 18.1 Å². The molecule has 0 aliphatic carbocycles. The van der Waals surface area contributed by atoms with E-state index in [0.29, 0.717) is 18.6 Å². The number of nitrogen functional groups attached to an aromatic ring is 1. The van der Waals surface area contributed by atoms with Crippen molar-refractivity contribution in [3.05, 3.63) is 29.8 Å². The zero-order valence-electron chi connectivity index (χ0n) is 7.92. The van der Waals surface area contributed by atoms with E-state index < -0.39 is 0 Å². The first-order chi connectivity index (χ1) is 6.24. The van der Waals surface area contributed by atoms with Gasteiger partial charge in [-0.3, -0.25) is 4.79 Å². The van der Waals surface area contributed by atoms with Gasteiger partial charge in [0.05, 0.1) is 0 Å². The highest BCUT2D eigenvalue weighted by Crippen LogP contribution is 2.12. The van der Waals surface area contributed by atoms with Crippen LogP contribution in [0.3, 0.4) is 0 Å². The van der Waals surface area contributed by atoms with Gasteiger partial charge in [-0.2, -0.15) is 0 Å². The quantitative estimate of drug-likeness (QED) is 0.716. The van der Waals surface area contributed by atoms with Crippen LogP contribution >= 0.6 is 0 Å². The van der Waals surface area contributed by atoms with Gasteiger partial charge in [-0.15, -0.1) is 0 Å². The molecule has 13 heavy (non-hydrogen) atoms. The van der Waals surface area contributed by atoms with Crippen molar-refractivity contribution in [2.24, 2.45) is 0 Å². The van der Waals surface area contributed by atoms with Gasteiger partial charge < -0.3 is 5.73 Å². The number of carbonyl (C=O) groups is 1. The number of nitrogens with two attached hydrogens (primary N) is 1. The maximum Gasteiger partial charge on any atom is 0.132 e. The van der Waals surface area contributed by atoms with E-state index in [-0.39, 0.29) is 0 Å². The third-order valence-corrected chi connectivity index (χ3v) is 2.12. The third-order valence-electron chi connectivity index (χ3n) is 2.12. The fourth-order valence-corrected chi connectivity index (χ4v) is 1.21. The summed E-state index contributed by atoms with van der Waals surface area (Å²) >= 11 is 0. The Bertz CT molecular complexity index is 294. The lowest BCUT2D eigenvalue weighted by atomic mass is 10.1. The molecule has 0 atom stereocenters. The molecule has 1 aromatic rings. The minimum atomic E-state index is 0.295. The van der Waals surface area contributed by atoms with Crippen molar-refractivity contribution in [3.63, 3.8) is 0 Å². The van der Waals surface area contributed by atoms with Crippen molar-refractivity contribution in [1.82, 2.24) is 0 Å². The largest absolute Gasteiger partial charge is 0.399 e. The number of rotatable bonds is 4. The lowest BCUT2D eigenvalue weighted by Crippen LogP contribution is -2.00. The highest BCUT2D eigenvalue weighted by atomic mass is 16.1. The summed E-state index contributed by atoms with van der Waals surface area (Å²) in [5.74, 6) is 0.295. The Labute approximate surface area is 78.8 Å². The van der Waals surface area contributed by atoms with Gasteiger partial charge in [0.1, 0.15) is 5.78 Å². The molecular formula is C11H15NO. The summed E-state index contributed by atoms with van der Waals surface area (Å²) in [5.41, 5.74) is 7.59. The molecule has 1 rings (SSSR count). The van der Waals surface area contributed by atoms with Gasteiger partial charge in [0.2, 0.25) is 0 Å². The Balaban J connectivity index is 2.54. The smallest absolute Gasteiger partial charge is 0.132 e. The summed E-state index contributed by atoms with van der Waals surface area (Å²) in [4.78, 5) is 11.1. The van der Waals surface area contributed by atoms with Crippen molar-refractivity contribution in [2.45, 2.75) is 26.2 Å². The lowest BCUT2D eigenvalue weighted by molar-refractivity contribution is -0.118. The fourth-order valence-electron chi connectivity index (χ4n) is 1.21. The zero-order chi connectivity index (χ0) is 9.68. The van der Waals surface area contributed by atoms with Crippen LogP contribution < -0.4 is 5.73 Å². The van der Waals surface area contributed by atoms with E-state index in [0.717, 1.165) is 17.7 Å². The maximum atomic E-state index is 11.1. The average molecular weight is 177 g/mol. The Morgan fingerprint density at radius 2 is 2.08 bits per heavy atom. The first-order valence-electron chi connectivity index (χ1n) is 4.59. The third kappa shape index (κ3) is 2.90. The first kappa shape index (κ1) is 9.78. The molecule has 0 aromatic heterocycles. The van der Waals surface area contributed by atoms with Crippen LogP contribution in [-0.4, -0.2) is 5.78 Å². The number of anilines is 1. The molecule has 0 saturated heterocycles. The Hall–Kier alpha value is -1.31. The van der Waals surface area contributed by atoms with E-state index in [2.05, 4.69) is 0 Å². The van der Waals surface area contributed by atoms with E-state index in [1.54, 1.807) is 0 Å². The van der Waals surface area contributed by atoms with Crippen LogP contribution in [0.15, 0.2) is 24.3 Å². The lowest BCUT2D eigenvalue weighted by Gasteiger charge is -2.03. The molecule has 0 bridgehead atoms. The monoisotopic (exact) mass is 177 g/mol. The second-order valence-electron chi connectivity index (χ2n) is 3.09. The van der Waals surface area contributed by atoms with Crippen molar-refractivity contribution in [1.29, 1.82) is 0 Å². The minimum absolute atomic E-state index is 0.295. The molecule has 0 saturated carbocycles. The SMILES string of the molecule is CCC(=O)CCc1ccccc1N. The van der Waals surface area contributed by atoms with E-state index >= 15 is 0 Å². The van der Waals surface area contributed by atoms with E-state index in [9.17, 15) is 4.79 Å². The summed E-state index contributed by atoms with van der Waals surface area (Å²) in [6.45, 7) is 1.89. The normalized spacial score (nSPS) is 9.92. The molecule has 2 heteroatoms. The van der Waals surface area contributed by atoms with Gasteiger partial charge in [0.15, 0.2) is 0 Å². The van der Waals surface area contributed by atoms with Crippen molar-refractivity contribution in [2.75, 3.05) is 5.73 Å². The van der Waals surface area contributed by atoms with E-state index in [4.69, 9.17) is 5.73 Å². The Kier molecular flexibility index (Phi) is 3.50. The van der Waals surface area contributed by atoms with Crippen LogP contribution in [0, 0.1) is 0 Å². The standard InChI is InChI=1S/C11H15NO/c1-2-10(13)8-7-9-5-3-4-6-11(9)12/h3-6H,2,7-8,12H2,1H3. The number of hydrogen-bond donors (Lipinski definition) is 1. The van der Waals surface area contributed by atoms with Gasteiger partial charge in [0.25, 0.3) is 0 Å². The van der Waals surface area contributed by atoms with Crippen molar-refractivity contribution in [3.8, 4) is 0 Å². The minimum Gasteiger partial charge on any atom is -0.399 e. The number of aryl methyl sites for hydroxylation is 1. The number of Topliss-reactive ketones (excluding diaryl/α,β-unsaturated/α-hetero) is 1. The molecule has 0 spiro atoms. The number of para-hydroxylation sites is 1. The highest BCUT2D eigenvalue weighted by Gasteiger charge is 2.01. The molecule has 0 aliphatic heterocycles. The Morgan fingerprint density at radius 1 is 1.38 bits per heavy atom. The molecule has 0 unspecified atom stereocenters. The van der Waals surface area contributed by atoms with E-state index in [1.165, 1.54) is 0 Å². The second-order valence-corrected chi connectivity index (χ2v) is 3.09. The Morgan fingerprint density at radius 3 is 2.69 bits per heavy atom. The van der Waals surface area contributed by atoms with Crippen molar-refractivity contribution < 1.29 is 4.79 Å². The van der Waals surface area contributed by atoms with Crippen LogP contribution in [0.5, 0.6) is 0 Å². The summed E-state index contributed by atoms with van der Waals surface area (Å²) in [7, 11) is 0. The number of ketones is 1. The molecule has 0 heterocycles.